The van der Waals surface area contributed by atoms with Crippen molar-refractivity contribution in [1.82, 2.24) is 29.9 Å². The van der Waals surface area contributed by atoms with Gasteiger partial charge in [-0.15, -0.1) is 5.10 Å². The van der Waals surface area contributed by atoms with Crippen LogP contribution in [0.4, 0.5) is 18.0 Å². The molecule has 0 unspecified atom stereocenters. The number of pyridine rings is 1. The second kappa shape index (κ2) is 8.19. The third-order valence-electron chi connectivity index (χ3n) is 5.39. The van der Waals surface area contributed by atoms with Crippen molar-refractivity contribution in [1.29, 1.82) is 0 Å². The van der Waals surface area contributed by atoms with Gasteiger partial charge in [0.05, 0.1) is 37.2 Å². The van der Waals surface area contributed by atoms with Gasteiger partial charge in [0.2, 0.25) is 0 Å². The highest BCUT2D eigenvalue weighted by molar-refractivity contribution is 5.79. The summed E-state index contributed by atoms with van der Waals surface area (Å²) < 4.78 is 48.7. The summed E-state index contributed by atoms with van der Waals surface area (Å²) in [6.07, 6.45) is 4.13. The molecule has 0 N–H and O–H groups in total. The van der Waals surface area contributed by atoms with Crippen molar-refractivity contribution < 1.29 is 22.7 Å². The quantitative estimate of drug-likeness (QED) is 0.601. The van der Waals surface area contributed by atoms with Crippen LogP contribution >= 0.6 is 0 Å². The van der Waals surface area contributed by atoms with Gasteiger partial charge in [0.1, 0.15) is 23.4 Å². The van der Waals surface area contributed by atoms with Crippen LogP contribution in [-0.2, 0) is 7.05 Å². The van der Waals surface area contributed by atoms with Gasteiger partial charge in [-0.2, -0.15) is 5.10 Å². The van der Waals surface area contributed by atoms with E-state index < -0.39 is 35.6 Å². The van der Waals surface area contributed by atoms with E-state index in [9.17, 15) is 18.0 Å². The van der Waals surface area contributed by atoms with Crippen LogP contribution in [0.25, 0.3) is 11.4 Å². The van der Waals surface area contributed by atoms with E-state index in [0.717, 1.165) is 12.3 Å². The molecule has 2 aromatic heterocycles. The molecule has 2 aliphatic rings. The van der Waals surface area contributed by atoms with Crippen LogP contribution in [0, 0.1) is 17.5 Å². The van der Waals surface area contributed by atoms with Crippen LogP contribution in [0.1, 0.15) is 18.0 Å². The summed E-state index contributed by atoms with van der Waals surface area (Å²) in [6, 6.07) is 3.56. The Hall–Kier alpha value is -3.96. The van der Waals surface area contributed by atoms with Crippen molar-refractivity contribution in [2.45, 2.75) is 18.6 Å². The second-order valence-corrected chi connectivity index (χ2v) is 7.80. The van der Waals surface area contributed by atoms with Crippen molar-refractivity contribution in [2.24, 2.45) is 12.1 Å². The highest BCUT2D eigenvalue weighted by atomic mass is 19.1. The first-order chi connectivity index (χ1) is 15.9. The average molecular weight is 457 g/mol. The van der Waals surface area contributed by atoms with E-state index in [-0.39, 0.29) is 18.8 Å². The van der Waals surface area contributed by atoms with E-state index in [1.807, 2.05) is 0 Å². The molecule has 9 nitrogen and oxygen atoms in total. The SMILES string of the molecule is Cn1cc(-c2cc(OC3CN(C(=O)N4N=CC[C@H]4c4cc(F)cc(F)c4)C3)c(F)cn2)nn1. The zero-order valence-corrected chi connectivity index (χ0v) is 17.4. The molecule has 1 saturated heterocycles. The van der Waals surface area contributed by atoms with Crippen LogP contribution in [0.15, 0.2) is 41.8 Å². The first-order valence-electron chi connectivity index (χ1n) is 10.1. The number of aryl methyl sites for hydroxylation is 1. The van der Waals surface area contributed by atoms with Gasteiger partial charge in [-0.05, 0) is 17.7 Å². The van der Waals surface area contributed by atoms with Gasteiger partial charge < -0.3 is 9.64 Å². The lowest BCUT2D eigenvalue weighted by atomic mass is 10.0. The number of benzene rings is 1. The number of hydrogen-bond acceptors (Lipinski definition) is 6. The Bertz CT molecular complexity index is 1220. The Kier molecular flexibility index (Phi) is 5.19. The van der Waals surface area contributed by atoms with Gasteiger partial charge in [-0.1, -0.05) is 5.21 Å². The number of ether oxygens (including phenoxy) is 1. The van der Waals surface area contributed by atoms with Crippen molar-refractivity contribution in [3.63, 3.8) is 0 Å². The molecule has 0 aliphatic carbocycles. The number of carbonyl (C=O) groups is 1. The van der Waals surface area contributed by atoms with Gasteiger partial charge in [0.25, 0.3) is 0 Å². The molecule has 33 heavy (non-hydrogen) atoms. The molecular formula is C21H18F3N7O2. The van der Waals surface area contributed by atoms with Crippen molar-refractivity contribution in [3.8, 4) is 17.1 Å². The lowest BCUT2D eigenvalue weighted by Crippen LogP contribution is -2.58. The standard InChI is InChI=1S/C21H18F3N7O2/c1-29-11-18(27-28-29)17-7-20(16(24)8-25-17)33-15-9-30(10-15)21(32)31-19(2-3-26-31)12-4-13(22)6-14(23)5-12/h3-8,11,15,19H,2,9-10H2,1H3/t19-/m0/s1. The summed E-state index contributed by atoms with van der Waals surface area (Å²) in [5, 5.41) is 13.0. The topological polar surface area (TPSA) is 88.7 Å². The Morgan fingerprint density at radius 2 is 1.85 bits per heavy atom. The summed E-state index contributed by atoms with van der Waals surface area (Å²) in [4.78, 5) is 18.4. The number of aromatic nitrogens is 4. The molecule has 0 saturated carbocycles. The minimum Gasteiger partial charge on any atom is -0.483 e. The average Bonchev–Trinajstić information content (AvgIpc) is 3.40. The van der Waals surface area contributed by atoms with Gasteiger partial charge in [0.15, 0.2) is 11.6 Å². The Labute approximate surface area is 186 Å². The monoisotopic (exact) mass is 457 g/mol. The molecule has 0 spiro atoms. The maximum absolute atomic E-state index is 14.2. The molecular weight excluding hydrogens is 439 g/mol. The van der Waals surface area contributed by atoms with Crippen molar-refractivity contribution in [2.75, 3.05) is 13.1 Å². The molecule has 0 bridgehead atoms. The maximum atomic E-state index is 14.2. The number of amides is 2. The Morgan fingerprint density at radius 3 is 2.55 bits per heavy atom. The lowest BCUT2D eigenvalue weighted by Gasteiger charge is -2.41. The minimum atomic E-state index is -0.720. The van der Waals surface area contributed by atoms with E-state index in [1.54, 1.807) is 13.2 Å². The predicted octanol–water partition coefficient (Wildman–Crippen LogP) is 2.91. The largest absolute Gasteiger partial charge is 0.483 e. The molecule has 170 valence electrons. The van der Waals surface area contributed by atoms with E-state index in [0.29, 0.717) is 23.4 Å². The normalized spacial score (nSPS) is 18.0. The molecule has 1 fully saturated rings. The summed E-state index contributed by atoms with van der Waals surface area (Å²) in [7, 11) is 1.71. The second-order valence-electron chi connectivity index (χ2n) is 7.80. The smallest absolute Gasteiger partial charge is 0.341 e. The third kappa shape index (κ3) is 4.11. The third-order valence-corrected chi connectivity index (χ3v) is 5.39. The zero-order valence-electron chi connectivity index (χ0n) is 17.4. The summed E-state index contributed by atoms with van der Waals surface area (Å²) >= 11 is 0. The van der Waals surface area contributed by atoms with Crippen LogP contribution in [0.2, 0.25) is 0 Å². The van der Waals surface area contributed by atoms with Crippen LogP contribution in [0.3, 0.4) is 0 Å². The van der Waals surface area contributed by atoms with E-state index in [1.165, 1.54) is 39.0 Å². The number of urea groups is 1. The first kappa shape index (κ1) is 20.9. The van der Waals surface area contributed by atoms with Crippen molar-refractivity contribution in [3.05, 3.63) is 59.7 Å². The molecule has 1 aromatic carbocycles. The van der Waals surface area contributed by atoms with Gasteiger partial charge in [-0.25, -0.2) is 23.0 Å². The number of hydrogen-bond donors (Lipinski definition) is 0. The number of rotatable bonds is 4. The fourth-order valence-electron chi connectivity index (χ4n) is 3.75. The maximum Gasteiger partial charge on any atom is 0.341 e. The molecule has 0 radical (unpaired) electrons. The van der Waals surface area contributed by atoms with Gasteiger partial charge in [-0.3, -0.25) is 9.67 Å². The Balaban J connectivity index is 1.23. The van der Waals surface area contributed by atoms with Crippen LogP contribution < -0.4 is 4.74 Å². The fraction of sp³-hybridized carbons (Fsp3) is 0.286. The number of nitrogens with zero attached hydrogens (tertiary/aromatic N) is 7. The molecule has 2 aliphatic heterocycles. The van der Waals surface area contributed by atoms with Crippen LogP contribution in [-0.4, -0.2) is 61.3 Å². The van der Waals surface area contributed by atoms with Gasteiger partial charge >= 0.3 is 6.03 Å². The molecule has 5 rings (SSSR count). The van der Waals surface area contributed by atoms with E-state index in [2.05, 4.69) is 20.4 Å². The fourth-order valence-corrected chi connectivity index (χ4v) is 3.75. The van der Waals surface area contributed by atoms with Crippen molar-refractivity contribution >= 4 is 12.2 Å². The van der Waals surface area contributed by atoms with E-state index in [4.69, 9.17) is 4.74 Å². The summed E-state index contributed by atoms with van der Waals surface area (Å²) in [6.45, 7) is 0.411. The number of likely N-dealkylation sites (tertiary alicyclic amines) is 1. The number of carbonyl (C=O) groups excluding carboxylic acids is 1. The number of hydrazone groups is 1. The highest BCUT2D eigenvalue weighted by Crippen LogP contribution is 2.32. The first-order valence-corrected chi connectivity index (χ1v) is 10.1. The molecule has 12 heteroatoms. The number of halogens is 3. The minimum absolute atomic E-state index is 0.00458. The molecule has 2 amide bonds. The molecule has 1 atom stereocenters. The van der Waals surface area contributed by atoms with Gasteiger partial charge in [0, 0.05) is 31.8 Å². The summed E-state index contributed by atoms with van der Waals surface area (Å²) in [5.74, 6) is -2.08. The predicted molar refractivity (Wildman–Crippen MR) is 110 cm³/mol. The molecule has 3 aromatic rings. The summed E-state index contributed by atoms with van der Waals surface area (Å²) in [5.41, 5.74) is 1.20. The zero-order chi connectivity index (χ0) is 23.1. The van der Waals surface area contributed by atoms with Crippen LogP contribution in [0.5, 0.6) is 5.75 Å². The lowest BCUT2D eigenvalue weighted by molar-refractivity contribution is 0.0256. The molecule has 4 heterocycles. The Morgan fingerprint density at radius 1 is 1.09 bits per heavy atom. The van der Waals surface area contributed by atoms with E-state index >= 15 is 0 Å². The highest BCUT2D eigenvalue weighted by Gasteiger charge is 2.39.